The molecule has 0 bridgehead atoms. The van der Waals surface area contributed by atoms with Crippen molar-refractivity contribution in [2.45, 2.75) is 79.1 Å². The topological polar surface area (TPSA) is 106 Å². The van der Waals surface area contributed by atoms with Gasteiger partial charge in [-0.1, -0.05) is 53.4 Å². The summed E-state index contributed by atoms with van der Waals surface area (Å²) in [6, 6.07) is -1.00. The molecule has 0 aromatic rings. The van der Waals surface area contributed by atoms with Gasteiger partial charge in [0.2, 0.25) is 0 Å². The highest BCUT2D eigenvalue weighted by Gasteiger charge is 2.26. The summed E-state index contributed by atoms with van der Waals surface area (Å²) in [5.41, 5.74) is 0. The fraction of sp³-hybridized carbons (Fsp3) is 0.900. The van der Waals surface area contributed by atoms with E-state index in [9.17, 15) is 19.4 Å². The lowest BCUT2D eigenvalue weighted by molar-refractivity contribution is 0.132. The van der Waals surface area contributed by atoms with E-state index >= 15 is 0 Å². The highest BCUT2D eigenvalue weighted by atomic mass is 16.3. The summed E-state index contributed by atoms with van der Waals surface area (Å²) < 4.78 is 0. The maximum atomic E-state index is 12.7. The van der Waals surface area contributed by atoms with Crippen LogP contribution in [0.25, 0.3) is 0 Å². The minimum Gasteiger partial charge on any atom is -0.323 e. The first kappa shape index (κ1) is 27.7. The molecule has 0 aliphatic heterocycles. The van der Waals surface area contributed by atoms with Crippen LogP contribution in [-0.2, 0) is 0 Å². The van der Waals surface area contributed by atoms with E-state index in [1.165, 1.54) is 0 Å². The maximum absolute atomic E-state index is 12.7. The molecule has 0 saturated heterocycles. The quantitative estimate of drug-likeness (QED) is 0.240. The first-order chi connectivity index (χ1) is 14.5. The first-order valence-electron chi connectivity index (χ1n) is 11.3. The Bertz CT molecular complexity index is 446. The number of carbonyl (C=O) groups excluding carboxylic acids is 2. The Morgan fingerprint density at radius 2 is 0.800 bits per heavy atom. The molecule has 0 spiro atoms. The molecule has 0 N–H and O–H groups in total. The molecule has 0 saturated carbocycles. The Labute approximate surface area is 180 Å². The number of amides is 4. The molecule has 0 atom stereocenters. The van der Waals surface area contributed by atoms with E-state index < -0.39 is 12.1 Å². The van der Waals surface area contributed by atoms with Crippen LogP contribution in [0.2, 0.25) is 0 Å². The van der Waals surface area contributed by atoms with Crippen molar-refractivity contribution in [3.05, 3.63) is 9.81 Å². The summed E-state index contributed by atoms with van der Waals surface area (Å²) in [6.07, 6.45) is 7.00. The van der Waals surface area contributed by atoms with Crippen LogP contribution in [0.1, 0.15) is 79.1 Å². The molecule has 30 heavy (non-hydrogen) atoms. The van der Waals surface area contributed by atoms with Gasteiger partial charge in [0.25, 0.3) is 0 Å². The second-order valence-corrected chi connectivity index (χ2v) is 7.36. The highest BCUT2D eigenvalue weighted by Crippen LogP contribution is 2.09. The molecule has 0 unspecified atom stereocenters. The molecular weight excluding hydrogens is 388 g/mol. The van der Waals surface area contributed by atoms with Crippen molar-refractivity contribution in [1.82, 2.24) is 19.8 Å². The van der Waals surface area contributed by atoms with E-state index in [1.54, 1.807) is 9.80 Å². The fourth-order valence-corrected chi connectivity index (χ4v) is 2.86. The number of hydrogen-bond donors (Lipinski definition) is 0. The number of rotatable bonds is 17. The van der Waals surface area contributed by atoms with Gasteiger partial charge < -0.3 is 9.80 Å². The molecule has 10 heteroatoms. The van der Waals surface area contributed by atoms with Gasteiger partial charge in [0.05, 0.1) is 23.7 Å². The van der Waals surface area contributed by atoms with Crippen LogP contribution in [0, 0.1) is 9.81 Å². The SMILES string of the molecule is CCCCN(CCCC)C(=O)N(CCN(N=O)C(=O)N(CCCC)CCCC)N=O. The lowest BCUT2D eigenvalue weighted by Crippen LogP contribution is -2.47. The molecular formula is C20H40N6O4. The number of unbranched alkanes of at least 4 members (excludes halogenated alkanes) is 4. The Kier molecular flexibility index (Phi) is 16.3. The molecule has 0 aliphatic rings. The summed E-state index contributed by atoms with van der Waals surface area (Å²) in [4.78, 5) is 51.2. The van der Waals surface area contributed by atoms with E-state index in [2.05, 4.69) is 10.6 Å². The van der Waals surface area contributed by atoms with Crippen molar-refractivity contribution in [2.75, 3.05) is 39.3 Å². The third-order valence-corrected chi connectivity index (χ3v) is 4.83. The van der Waals surface area contributed by atoms with Crippen molar-refractivity contribution < 1.29 is 9.59 Å². The Hall–Kier alpha value is -2.26. The molecule has 174 valence electrons. The Balaban J connectivity index is 5.05. The van der Waals surface area contributed by atoms with E-state index in [0.29, 0.717) is 26.2 Å². The minimum atomic E-state index is -0.501. The normalized spacial score (nSPS) is 10.4. The predicted molar refractivity (Wildman–Crippen MR) is 119 cm³/mol. The van der Waals surface area contributed by atoms with Gasteiger partial charge in [0.1, 0.15) is 0 Å². The molecule has 0 aromatic carbocycles. The van der Waals surface area contributed by atoms with E-state index in [-0.39, 0.29) is 13.1 Å². The zero-order valence-electron chi connectivity index (χ0n) is 19.2. The van der Waals surface area contributed by atoms with Crippen molar-refractivity contribution in [1.29, 1.82) is 0 Å². The molecule has 0 fully saturated rings. The average Bonchev–Trinajstić information content (AvgIpc) is 2.76. The maximum Gasteiger partial charge on any atom is 0.343 e. The van der Waals surface area contributed by atoms with E-state index in [0.717, 1.165) is 61.4 Å². The third-order valence-electron chi connectivity index (χ3n) is 4.83. The van der Waals surface area contributed by atoms with Crippen LogP contribution in [0.15, 0.2) is 10.6 Å². The second-order valence-electron chi connectivity index (χ2n) is 7.36. The molecule has 0 aliphatic carbocycles. The van der Waals surface area contributed by atoms with Crippen LogP contribution in [0.3, 0.4) is 0 Å². The second kappa shape index (κ2) is 17.6. The third kappa shape index (κ3) is 10.5. The molecule has 0 rings (SSSR count). The van der Waals surface area contributed by atoms with Gasteiger partial charge in [-0.05, 0) is 25.7 Å². The number of nitroso groups, excluding NO2 is 2. The molecule has 0 radical (unpaired) electrons. The van der Waals surface area contributed by atoms with Crippen molar-refractivity contribution in [2.24, 2.45) is 10.6 Å². The zero-order valence-corrected chi connectivity index (χ0v) is 19.2. The van der Waals surface area contributed by atoms with Gasteiger partial charge in [-0.2, -0.15) is 10.0 Å². The van der Waals surface area contributed by atoms with Crippen LogP contribution >= 0.6 is 0 Å². The zero-order chi connectivity index (χ0) is 22.8. The molecule has 10 nitrogen and oxygen atoms in total. The molecule has 0 aromatic heterocycles. The summed E-state index contributed by atoms with van der Waals surface area (Å²) in [7, 11) is 0. The number of nitrogens with zero attached hydrogens (tertiary/aromatic N) is 6. The van der Waals surface area contributed by atoms with Gasteiger partial charge in [-0.3, -0.25) is 0 Å². The summed E-state index contributed by atoms with van der Waals surface area (Å²) in [5, 5.41) is 7.22. The predicted octanol–water partition coefficient (Wildman–Crippen LogP) is 5.00. The van der Waals surface area contributed by atoms with E-state index in [4.69, 9.17) is 0 Å². The summed E-state index contributed by atoms with van der Waals surface area (Å²) >= 11 is 0. The van der Waals surface area contributed by atoms with Gasteiger partial charge in [0, 0.05) is 26.2 Å². The molecule has 4 amide bonds. The number of hydrogen-bond acceptors (Lipinski definition) is 6. The lowest BCUT2D eigenvalue weighted by atomic mass is 10.2. The summed E-state index contributed by atoms with van der Waals surface area (Å²) in [5.74, 6) is 0. The Morgan fingerprint density at radius 3 is 1.00 bits per heavy atom. The largest absolute Gasteiger partial charge is 0.343 e. The summed E-state index contributed by atoms with van der Waals surface area (Å²) in [6.45, 7) is 9.92. The molecule has 0 heterocycles. The van der Waals surface area contributed by atoms with E-state index in [1.807, 2.05) is 27.7 Å². The van der Waals surface area contributed by atoms with Gasteiger partial charge >= 0.3 is 12.1 Å². The highest BCUT2D eigenvalue weighted by molar-refractivity contribution is 5.75. The van der Waals surface area contributed by atoms with Crippen LogP contribution in [0.4, 0.5) is 9.59 Å². The standard InChI is InChI=1S/C20H40N6O4/c1-5-9-13-23(14-10-6-2)19(27)25(21-29)17-18-26(22-30)20(28)24(15-11-7-3)16-12-8-4/h5-18H2,1-4H3. The first-order valence-corrected chi connectivity index (χ1v) is 11.3. The van der Waals surface area contributed by atoms with Crippen LogP contribution in [0.5, 0.6) is 0 Å². The smallest absolute Gasteiger partial charge is 0.323 e. The monoisotopic (exact) mass is 428 g/mol. The number of carbonyl (C=O) groups is 2. The van der Waals surface area contributed by atoms with Gasteiger partial charge in [0.15, 0.2) is 0 Å². The average molecular weight is 429 g/mol. The lowest BCUT2D eigenvalue weighted by Gasteiger charge is -2.28. The number of urea groups is 2. The van der Waals surface area contributed by atoms with Crippen molar-refractivity contribution in [3.63, 3.8) is 0 Å². The fourth-order valence-electron chi connectivity index (χ4n) is 2.86. The minimum absolute atomic E-state index is 0.177. The van der Waals surface area contributed by atoms with Crippen molar-refractivity contribution in [3.8, 4) is 0 Å². The van der Waals surface area contributed by atoms with Crippen LogP contribution < -0.4 is 0 Å². The Morgan fingerprint density at radius 1 is 0.533 bits per heavy atom. The van der Waals surface area contributed by atoms with Crippen LogP contribution in [-0.4, -0.2) is 71.1 Å². The van der Waals surface area contributed by atoms with Crippen molar-refractivity contribution >= 4 is 12.1 Å². The van der Waals surface area contributed by atoms with Gasteiger partial charge in [-0.25, -0.2) is 9.59 Å². The van der Waals surface area contributed by atoms with Gasteiger partial charge in [-0.15, -0.1) is 9.81 Å².